The Morgan fingerprint density at radius 3 is 2.83 bits per heavy atom. The summed E-state index contributed by atoms with van der Waals surface area (Å²) in [6.45, 7) is 5.21. The Balaban J connectivity index is 0.00000264. The van der Waals surface area contributed by atoms with E-state index in [1.165, 1.54) is 12.8 Å². The largest absolute Gasteiger partial charge is 0.493 e. The summed E-state index contributed by atoms with van der Waals surface area (Å²) in [5, 5.41) is 6.61. The molecule has 1 aromatic rings. The summed E-state index contributed by atoms with van der Waals surface area (Å²) in [6.07, 6.45) is 3.51. The highest BCUT2D eigenvalue weighted by Crippen LogP contribution is 2.28. The molecule has 2 rings (SSSR count). The van der Waals surface area contributed by atoms with Gasteiger partial charge in [-0.2, -0.15) is 0 Å². The van der Waals surface area contributed by atoms with Crippen LogP contribution in [0.5, 0.6) is 5.75 Å². The Morgan fingerprint density at radius 1 is 1.30 bits per heavy atom. The Morgan fingerprint density at radius 2 is 2.13 bits per heavy atom. The Bertz CT molecular complexity index is 479. The first kappa shape index (κ1) is 20.0. The predicted molar refractivity (Wildman–Crippen MR) is 106 cm³/mol. The molecule has 1 fully saturated rings. The number of hydrogen-bond donors (Lipinski definition) is 2. The number of benzene rings is 1. The topological polar surface area (TPSA) is 54.9 Å². The second kappa shape index (κ2) is 11.5. The minimum absolute atomic E-state index is 0. The van der Waals surface area contributed by atoms with Crippen molar-refractivity contribution in [2.24, 2.45) is 10.9 Å². The van der Waals surface area contributed by atoms with Gasteiger partial charge in [0.15, 0.2) is 5.96 Å². The highest BCUT2D eigenvalue weighted by Gasteiger charge is 2.20. The molecule has 1 saturated carbocycles. The average molecular weight is 433 g/mol. The number of anilines is 1. The van der Waals surface area contributed by atoms with Crippen LogP contribution < -0.4 is 15.4 Å². The number of aliphatic imine (C=N–C) groups is 1. The molecule has 0 aromatic heterocycles. The van der Waals surface area contributed by atoms with E-state index in [1.54, 1.807) is 7.11 Å². The molecule has 0 atom stereocenters. The highest BCUT2D eigenvalue weighted by molar-refractivity contribution is 14.0. The van der Waals surface area contributed by atoms with E-state index in [9.17, 15) is 0 Å². The number of hydrogen-bond acceptors (Lipinski definition) is 3. The summed E-state index contributed by atoms with van der Waals surface area (Å²) in [4.78, 5) is 4.62. The van der Waals surface area contributed by atoms with Gasteiger partial charge in [0.1, 0.15) is 5.75 Å². The first-order valence-electron chi connectivity index (χ1n) is 8.09. The molecule has 0 heterocycles. The molecule has 0 bridgehead atoms. The fraction of sp³-hybridized carbons (Fsp3) is 0.588. The molecular weight excluding hydrogens is 405 g/mol. The van der Waals surface area contributed by atoms with Crippen LogP contribution in [0.3, 0.4) is 0 Å². The molecule has 0 spiro atoms. The van der Waals surface area contributed by atoms with Gasteiger partial charge >= 0.3 is 0 Å². The number of halogens is 1. The number of nitrogens with one attached hydrogen (secondary N) is 2. The van der Waals surface area contributed by atoms with E-state index in [0.717, 1.165) is 49.4 Å². The van der Waals surface area contributed by atoms with E-state index in [0.29, 0.717) is 6.61 Å². The summed E-state index contributed by atoms with van der Waals surface area (Å²) < 4.78 is 10.7. The van der Waals surface area contributed by atoms with Crippen molar-refractivity contribution in [3.63, 3.8) is 0 Å². The Hall–Kier alpha value is -1.02. The van der Waals surface area contributed by atoms with Gasteiger partial charge < -0.3 is 20.1 Å². The Labute approximate surface area is 156 Å². The molecule has 130 valence electrons. The van der Waals surface area contributed by atoms with Crippen LogP contribution in [-0.4, -0.2) is 39.4 Å². The molecule has 6 heteroatoms. The monoisotopic (exact) mass is 433 g/mol. The van der Waals surface area contributed by atoms with Gasteiger partial charge in [-0.3, -0.25) is 4.99 Å². The van der Waals surface area contributed by atoms with Crippen molar-refractivity contribution in [3.05, 3.63) is 24.3 Å². The number of nitrogens with zero attached hydrogens (tertiary/aromatic N) is 1. The number of rotatable bonds is 9. The smallest absolute Gasteiger partial charge is 0.195 e. The molecule has 0 unspecified atom stereocenters. The van der Waals surface area contributed by atoms with Gasteiger partial charge in [-0.25, -0.2) is 0 Å². The van der Waals surface area contributed by atoms with Crippen molar-refractivity contribution >= 4 is 35.6 Å². The van der Waals surface area contributed by atoms with Crippen LogP contribution in [0.1, 0.15) is 26.2 Å². The molecular formula is C17H28IN3O2. The summed E-state index contributed by atoms with van der Waals surface area (Å²) in [7, 11) is 1.70. The summed E-state index contributed by atoms with van der Waals surface area (Å²) in [5.74, 6) is 2.48. The van der Waals surface area contributed by atoms with E-state index in [2.05, 4.69) is 22.5 Å². The minimum Gasteiger partial charge on any atom is -0.493 e. The third-order valence-corrected chi connectivity index (χ3v) is 3.41. The average Bonchev–Trinajstić information content (AvgIpc) is 3.34. The third kappa shape index (κ3) is 8.41. The molecule has 0 amide bonds. The van der Waals surface area contributed by atoms with Crippen LogP contribution in [0.15, 0.2) is 29.3 Å². The first-order chi connectivity index (χ1) is 10.8. The second-order valence-corrected chi connectivity index (χ2v) is 5.51. The molecule has 2 N–H and O–H groups in total. The third-order valence-electron chi connectivity index (χ3n) is 3.41. The lowest BCUT2D eigenvalue weighted by Crippen LogP contribution is -2.30. The molecule has 0 radical (unpaired) electrons. The van der Waals surface area contributed by atoms with E-state index < -0.39 is 0 Å². The zero-order valence-electron chi connectivity index (χ0n) is 14.0. The molecule has 1 aromatic carbocycles. The van der Waals surface area contributed by atoms with E-state index >= 15 is 0 Å². The lowest BCUT2D eigenvalue weighted by Gasteiger charge is -2.12. The van der Waals surface area contributed by atoms with Crippen molar-refractivity contribution in [2.75, 3.05) is 38.7 Å². The van der Waals surface area contributed by atoms with E-state index in [1.807, 2.05) is 24.3 Å². The highest BCUT2D eigenvalue weighted by atomic mass is 127. The maximum atomic E-state index is 5.72. The second-order valence-electron chi connectivity index (χ2n) is 5.51. The normalized spacial score (nSPS) is 14.1. The lowest BCUT2D eigenvalue weighted by molar-refractivity contribution is 0.172. The van der Waals surface area contributed by atoms with Crippen LogP contribution in [0.2, 0.25) is 0 Å². The maximum absolute atomic E-state index is 5.72. The summed E-state index contributed by atoms with van der Waals surface area (Å²) >= 11 is 0. The summed E-state index contributed by atoms with van der Waals surface area (Å²) in [6, 6.07) is 7.97. The quantitative estimate of drug-likeness (QED) is 0.271. The number of methoxy groups -OCH3 is 1. The van der Waals surface area contributed by atoms with Crippen molar-refractivity contribution < 1.29 is 9.47 Å². The standard InChI is InChI=1S/C17H27N3O2.HI/c1-3-18-17(19-13-14-8-9-14)20-15-6-4-7-16(12-15)22-11-5-10-21-2;/h4,6-7,12,14H,3,5,8-11,13H2,1-2H3,(H2,18,19,20);1H. The molecule has 5 nitrogen and oxygen atoms in total. The van der Waals surface area contributed by atoms with Crippen molar-refractivity contribution in [2.45, 2.75) is 26.2 Å². The van der Waals surface area contributed by atoms with Gasteiger partial charge in [-0.1, -0.05) is 6.07 Å². The van der Waals surface area contributed by atoms with Gasteiger partial charge in [0.05, 0.1) is 6.61 Å². The van der Waals surface area contributed by atoms with Gasteiger partial charge in [0.25, 0.3) is 0 Å². The zero-order valence-corrected chi connectivity index (χ0v) is 16.3. The van der Waals surface area contributed by atoms with Crippen LogP contribution in [0.25, 0.3) is 0 Å². The van der Waals surface area contributed by atoms with Gasteiger partial charge in [0.2, 0.25) is 0 Å². The number of ether oxygens (including phenoxy) is 2. The fourth-order valence-corrected chi connectivity index (χ4v) is 2.02. The van der Waals surface area contributed by atoms with Crippen LogP contribution in [0.4, 0.5) is 5.69 Å². The first-order valence-corrected chi connectivity index (χ1v) is 8.09. The van der Waals surface area contributed by atoms with Crippen LogP contribution in [0, 0.1) is 5.92 Å². The van der Waals surface area contributed by atoms with Crippen molar-refractivity contribution in [1.82, 2.24) is 5.32 Å². The molecule has 0 saturated heterocycles. The molecule has 1 aliphatic carbocycles. The zero-order chi connectivity index (χ0) is 15.6. The molecule has 1 aliphatic rings. The van der Waals surface area contributed by atoms with Gasteiger partial charge in [0, 0.05) is 45.0 Å². The van der Waals surface area contributed by atoms with Crippen LogP contribution in [-0.2, 0) is 4.74 Å². The van der Waals surface area contributed by atoms with Gasteiger partial charge in [-0.05, 0) is 37.8 Å². The maximum Gasteiger partial charge on any atom is 0.195 e. The molecule has 23 heavy (non-hydrogen) atoms. The number of guanidine groups is 1. The molecule has 0 aliphatic heterocycles. The Kier molecular flexibility index (Phi) is 10.0. The fourth-order valence-electron chi connectivity index (χ4n) is 2.02. The lowest BCUT2D eigenvalue weighted by atomic mass is 10.3. The SMILES string of the molecule is CCNC(=NCC1CC1)Nc1cccc(OCCCOC)c1.I. The van der Waals surface area contributed by atoms with E-state index in [4.69, 9.17) is 9.47 Å². The summed E-state index contributed by atoms with van der Waals surface area (Å²) in [5.41, 5.74) is 0.986. The minimum atomic E-state index is 0. The van der Waals surface area contributed by atoms with Crippen LogP contribution >= 0.6 is 24.0 Å². The predicted octanol–water partition coefficient (Wildman–Crippen LogP) is 3.51. The van der Waals surface area contributed by atoms with Gasteiger partial charge in [-0.15, -0.1) is 24.0 Å². The van der Waals surface area contributed by atoms with Crippen molar-refractivity contribution in [1.29, 1.82) is 0 Å². The van der Waals surface area contributed by atoms with E-state index in [-0.39, 0.29) is 24.0 Å². The van der Waals surface area contributed by atoms with Crippen molar-refractivity contribution in [3.8, 4) is 5.75 Å².